The predicted molar refractivity (Wildman–Crippen MR) is 115 cm³/mol. The number of hydrogen-bond acceptors (Lipinski definition) is 6. The molecule has 0 atom stereocenters. The minimum absolute atomic E-state index is 0.00375. The zero-order valence-electron chi connectivity index (χ0n) is 16.8. The third-order valence-electron chi connectivity index (χ3n) is 4.57. The molecule has 4 aromatic rings. The molecule has 0 spiro atoms. The van der Waals surface area contributed by atoms with Crippen LogP contribution in [-0.2, 0) is 6.18 Å². The maximum atomic E-state index is 13.3. The van der Waals surface area contributed by atoms with Gasteiger partial charge in [0.15, 0.2) is 5.75 Å². The van der Waals surface area contributed by atoms with Gasteiger partial charge in [-0.05, 0) is 46.7 Å². The van der Waals surface area contributed by atoms with Crippen molar-refractivity contribution in [1.82, 2.24) is 20.6 Å². The van der Waals surface area contributed by atoms with Crippen LogP contribution in [0.1, 0.15) is 11.4 Å². The molecule has 2 N–H and O–H groups in total. The van der Waals surface area contributed by atoms with Gasteiger partial charge in [-0.1, -0.05) is 42.5 Å². The van der Waals surface area contributed by atoms with Crippen molar-refractivity contribution in [3.8, 4) is 28.7 Å². The van der Waals surface area contributed by atoms with Crippen LogP contribution in [0.4, 0.5) is 18.9 Å². The molecule has 4 rings (SSSR count). The van der Waals surface area contributed by atoms with Crippen LogP contribution in [0.2, 0.25) is 0 Å². The molecule has 10 heteroatoms. The minimum atomic E-state index is -4.55. The Hall–Kier alpha value is -4.65. The Balaban J connectivity index is 1.63. The number of rotatable bonds is 6. The molecule has 0 aliphatic heterocycles. The minimum Gasteiger partial charge on any atom is -0.455 e. The molecule has 1 aromatic heterocycles. The van der Waals surface area contributed by atoms with E-state index in [1.807, 2.05) is 48.5 Å². The summed E-state index contributed by atoms with van der Waals surface area (Å²) in [6, 6.07) is 21.8. The zero-order valence-corrected chi connectivity index (χ0v) is 16.8. The van der Waals surface area contributed by atoms with E-state index in [-0.39, 0.29) is 22.8 Å². The Labute approximate surface area is 186 Å². The SMILES string of the molecule is N#CC(=CNc1cc(C(F)(F)F)ccc1Oc1ccc(-c2ccccc2)cc1)c1nn[nH]n1. The summed E-state index contributed by atoms with van der Waals surface area (Å²) in [7, 11) is 0. The highest BCUT2D eigenvalue weighted by atomic mass is 19.4. The first-order valence-corrected chi connectivity index (χ1v) is 9.59. The maximum Gasteiger partial charge on any atom is 0.416 e. The van der Waals surface area contributed by atoms with Gasteiger partial charge in [-0.3, -0.25) is 0 Å². The van der Waals surface area contributed by atoms with Crippen molar-refractivity contribution in [3.05, 3.63) is 90.4 Å². The van der Waals surface area contributed by atoms with Crippen LogP contribution in [0.15, 0.2) is 79.0 Å². The Morgan fingerprint density at radius 2 is 1.73 bits per heavy atom. The predicted octanol–water partition coefficient (Wildman–Crippen LogP) is 5.65. The molecule has 0 saturated heterocycles. The smallest absolute Gasteiger partial charge is 0.416 e. The zero-order chi connectivity index (χ0) is 23.3. The van der Waals surface area contributed by atoms with E-state index in [0.717, 1.165) is 23.3 Å². The fourth-order valence-electron chi connectivity index (χ4n) is 2.95. The van der Waals surface area contributed by atoms with Crippen molar-refractivity contribution in [2.24, 2.45) is 0 Å². The average Bonchev–Trinajstić information content (AvgIpc) is 3.35. The van der Waals surface area contributed by atoms with E-state index in [0.29, 0.717) is 5.75 Å². The lowest BCUT2D eigenvalue weighted by Crippen LogP contribution is -2.06. The number of anilines is 1. The maximum absolute atomic E-state index is 13.3. The van der Waals surface area contributed by atoms with E-state index in [4.69, 9.17) is 4.74 Å². The molecule has 33 heavy (non-hydrogen) atoms. The first-order valence-electron chi connectivity index (χ1n) is 9.59. The first kappa shape index (κ1) is 21.6. The van der Waals surface area contributed by atoms with Crippen LogP contribution >= 0.6 is 0 Å². The average molecular weight is 448 g/mol. The number of halogens is 3. The van der Waals surface area contributed by atoms with Crippen molar-refractivity contribution in [1.29, 1.82) is 5.26 Å². The Morgan fingerprint density at radius 3 is 2.36 bits per heavy atom. The van der Waals surface area contributed by atoms with Gasteiger partial charge in [0.25, 0.3) is 0 Å². The molecule has 0 unspecified atom stereocenters. The second kappa shape index (κ2) is 9.23. The normalized spacial score (nSPS) is 11.6. The Bertz CT molecular complexity index is 1300. The lowest BCUT2D eigenvalue weighted by Gasteiger charge is -2.15. The topological polar surface area (TPSA) is 99.5 Å². The molecular formula is C23H15F3N6O. The van der Waals surface area contributed by atoms with E-state index < -0.39 is 11.7 Å². The Kier molecular flexibility index (Phi) is 6.04. The summed E-state index contributed by atoms with van der Waals surface area (Å²) >= 11 is 0. The summed E-state index contributed by atoms with van der Waals surface area (Å²) in [6.07, 6.45) is -3.37. The third kappa shape index (κ3) is 5.16. The molecule has 0 radical (unpaired) electrons. The van der Waals surface area contributed by atoms with Crippen LogP contribution in [0.25, 0.3) is 16.7 Å². The highest BCUT2D eigenvalue weighted by Gasteiger charge is 2.31. The van der Waals surface area contributed by atoms with E-state index in [2.05, 4.69) is 25.9 Å². The largest absolute Gasteiger partial charge is 0.455 e. The van der Waals surface area contributed by atoms with Gasteiger partial charge in [0, 0.05) is 6.20 Å². The van der Waals surface area contributed by atoms with Gasteiger partial charge in [-0.2, -0.15) is 23.6 Å². The number of nitrogens with one attached hydrogen (secondary N) is 2. The van der Waals surface area contributed by atoms with Crippen molar-refractivity contribution in [2.45, 2.75) is 6.18 Å². The standard InChI is InChI=1S/C23H15F3N6O/c24-23(25,26)18-8-11-21(20(12-18)28-14-17(13-27)22-29-31-32-30-22)33-19-9-6-16(7-10-19)15-4-2-1-3-5-15/h1-12,14,28H,(H,29,30,31,32). The third-order valence-corrected chi connectivity index (χ3v) is 4.57. The second-order valence-corrected chi connectivity index (χ2v) is 6.75. The molecule has 0 bridgehead atoms. The van der Waals surface area contributed by atoms with E-state index >= 15 is 0 Å². The lowest BCUT2D eigenvalue weighted by atomic mass is 10.1. The quantitative estimate of drug-likeness (QED) is 0.370. The number of allylic oxidation sites excluding steroid dienone is 1. The van der Waals surface area contributed by atoms with E-state index in [9.17, 15) is 18.4 Å². The summed E-state index contributed by atoms with van der Waals surface area (Å²) in [5, 5.41) is 24.9. The number of nitrogens with zero attached hydrogens (tertiary/aromatic N) is 4. The number of alkyl halides is 3. The lowest BCUT2D eigenvalue weighted by molar-refractivity contribution is -0.137. The van der Waals surface area contributed by atoms with Crippen LogP contribution in [0.3, 0.4) is 0 Å². The molecule has 0 aliphatic rings. The highest BCUT2D eigenvalue weighted by Crippen LogP contribution is 2.37. The molecule has 0 saturated carbocycles. The highest BCUT2D eigenvalue weighted by molar-refractivity contribution is 5.75. The van der Waals surface area contributed by atoms with Crippen LogP contribution < -0.4 is 10.1 Å². The van der Waals surface area contributed by atoms with Gasteiger partial charge in [-0.15, -0.1) is 10.2 Å². The molecule has 0 aliphatic carbocycles. The van der Waals surface area contributed by atoms with Crippen molar-refractivity contribution in [2.75, 3.05) is 5.32 Å². The number of aromatic nitrogens is 4. The number of hydrogen-bond donors (Lipinski definition) is 2. The number of aromatic amines is 1. The van der Waals surface area contributed by atoms with Crippen LogP contribution in [-0.4, -0.2) is 20.6 Å². The van der Waals surface area contributed by atoms with Crippen molar-refractivity contribution in [3.63, 3.8) is 0 Å². The Morgan fingerprint density at radius 1 is 1.00 bits per heavy atom. The van der Waals surface area contributed by atoms with Gasteiger partial charge in [0.05, 0.1) is 11.3 Å². The molecule has 1 heterocycles. The summed E-state index contributed by atoms with van der Waals surface area (Å²) in [4.78, 5) is 0. The molecule has 0 amide bonds. The van der Waals surface area contributed by atoms with E-state index in [1.54, 1.807) is 12.1 Å². The van der Waals surface area contributed by atoms with Crippen molar-refractivity contribution < 1.29 is 17.9 Å². The second-order valence-electron chi connectivity index (χ2n) is 6.75. The summed E-state index contributed by atoms with van der Waals surface area (Å²) < 4.78 is 45.6. The van der Waals surface area contributed by atoms with Gasteiger partial charge < -0.3 is 10.1 Å². The molecule has 3 aromatic carbocycles. The monoisotopic (exact) mass is 448 g/mol. The number of ether oxygens (including phenoxy) is 1. The van der Waals surface area contributed by atoms with Crippen LogP contribution in [0.5, 0.6) is 11.5 Å². The van der Waals surface area contributed by atoms with E-state index in [1.165, 1.54) is 12.3 Å². The van der Waals surface area contributed by atoms with Crippen molar-refractivity contribution >= 4 is 11.3 Å². The van der Waals surface area contributed by atoms with Gasteiger partial charge in [-0.25, -0.2) is 0 Å². The number of nitriles is 1. The molecule has 0 fully saturated rings. The summed E-state index contributed by atoms with van der Waals surface area (Å²) in [6.45, 7) is 0. The number of H-pyrrole nitrogens is 1. The van der Waals surface area contributed by atoms with Gasteiger partial charge in [0.2, 0.25) is 5.82 Å². The number of benzene rings is 3. The fourth-order valence-corrected chi connectivity index (χ4v) is 2.95. The summed E-state index contributed by atoms with van der Waals surface area (Å²) in [5.41, 5.74) is 1.10. The molecular weight excluding hydrogens is 433 g/mol. The van der Waals surface area contributed by atoms with Gasteiger partial charge in [0.1, 0.15) is 17.4 Å². The number of tetrazole rings is 1. The van der Waals surface area contributed by atoms with Gasteiger partial charge >= 0.3 is 6.18 Å². The molecule has 7 nitrogen and oxygen atoms in total. The summed E-state index contributed by atoms with van der Waals surface area (Å²) in [5.74, 6) is 0.563. The first-order chi connectivity index (χ1) is 15.9. The fraction of sp³-hybridized carbons (Fsp3) is 0.0435. The molecule has 164 valence electrons. The van der Waals surface area contributed by atoms with Crippen LogP contribution in [0, 0.1) is 11.3 Å².